The number of phenolic OH excluding ortho intramolecular Hbond substituents is 1. The Kier molecular flexibility index (Phi) is 4.77. The van der Waals surface area contributed by atoms with E-state index in [1.807, 2.05) is 18.2 Å². The van der Waals surface area contributed by atoms with Crippen LogP contribution in [0.15, 0.2) is 50.3 Å². The van der Waals surface area contributed by atoms with Gasteiger partial charge in [0.25, 0.3) is 0 Å². The van der Waals surface area contributed by atoms with Crippen molar-refractivity contribution in [1.29, 1.82) is 0 Å². The van der Waals surface area contributed by atoms with Gasteiger partial charge in [-0.2, -0.15) is 0 Å². The van der Waals surface area contributed by atoms with Crippen LogP contribution in [0.1, 0.15) is 18.1 Å². The first-order chi connectivity index (χ1) is 9.10. The highest BCUT2D eigenvalue weighted by atomic mass is 79.9. The third-order valence-corrected chi connectivity index (χ3v) is 3.82. The zero-order chi connectivity index (χ0) is 13.8. The Morgan fingerprint density at radius 3 is 2.47 bits per heavy atom. The van der Waals surface area contributed by atoms with E-state index < -0.39 is 0 Å². The van der Waals surface area contributed by atoms with Gasteiger partial charge in [-0.25, -0.2) is 0 Å². The van der Waals surface area contributed by atoms with Gasteiger partial charge >= 0.3 is 0 Å². The van der Waals surface area contributed by atoms with E-state index in [9.17, 15) is 5.11 Å². The van der Waals surface area contributed by atoms with Crippen molar-refractivity contribution in [3.05, 3.63) is 56.5 Å². The maximum Gasteiger partial charge on any atom is 0.138 e. The van der Waals surface area contributed by atoms with Crippen LogP contribution in [0, 0.1) is 0 Å². The summed E-state index contributed by atoms with van der Waals surface area (Å²) in [4.78, 5) is 4.37. The Labute approximate surface area is 129 Å². The summed E-state index contributed by atoms with van der Waals surface area (Å²) in [6.45, 7) is 2.12. The third kappa shape index (κ3) is 3.67. The maximum atomic E-state index is 9.92. The van der Waals surface area contributed by atoms with Crippen LogP contribution in [0.2, 0.25) is 0 Å². The molecule has 0 saturated heterocycles. The molecule has 0 unspecified atom stereocenters. The monoisotopic (exact) mass is 381 g/mol. The predicted molar refractivity (Wildman–Crippen MR) is 86.6 cm³/mol. The van der Waals surface area contributed by atoms with Crippen molar-refractivity contribution in [2.24, 2.45) is 4.99 Å². The molecule has 2 aromatic rings. The third-order valence-electron chi connectivity index (χ3n) is 2.75. The summed E-state index contributed by atoms with van der Waals surface area (Å²) in [5.41, 5.74) is 2.82. The van der Waals surface area contributed by atoms with Crippen LogP contribution in [-0.2, 0) is 6.42 Å². The fraction of sp³-hybridized carbons (Fsp3) is 0.133. The minimum atomic E-state index is 0.192. The minimum absolute atomic E-state index is 0.192. The summed E-state index contributed by atoms with van der Waals surface area (Å²) in [7, 11) is 0. The van der Waals surface area contributed by atoms with E-state index in [0.717, 1.165) is 16.6 Å². The number of halogens is 2. The van der Waals surface area contributed by atoms with Crippen LogP contribution in [-0.4, -0.2) is 11.3 Å². The molecule has 0 fully saturated rings. The molecule has 0 heterocycles. The van der Waals surface area contributed by atoms with Crippen molar-refractivity contribution < 1.29 is 5.11 Å². The van der Waals surface area contributed by atoms with Crippen molar-refractivity contribution in [2.75, 3.05) is 0 Å². The number of benzene rings is 2. The first-order valence-corrected chi connectivity index (χ1v) is 7.49. The minimum Gasteiger partial charge on any atom is -0.506 e. The predicted octanol–water partition coefficient (Wildman–Crippen LogP) is 5.23. The van der Waals surface area contributed by atoms with Gasteiger partial charge in [-0.1, -0.05) is 35.0 Å². The quantitative estimate of drug-likeness (QED) is 0.724. The first kappa shape index (κ1) is 14.3. The van der Waals surface area contributed by atoms with Crippen molar-refractivity contribution in [1.82, 2.24) is 0 Å². The lowest BCUT2D eigenvalue weighted by atomic mass is 10.1. The molecule has 0 radical (unpaired) electrons. The number of aromatic hydroxyl groups is 1. The molecule has 0 aliphatic carbocycles. The molecule has 4 heteroatoms. The van der Waals surface area contributed by atoms with E-state index in [1.165, 1.54) is 5.56 Å². The molecule has 1 N–H and O–H groups in total. The molecular formula is C15H13Br2NO. The fourth-order valence-corrected chi connectivity index (χ4v) is 2.90. The topological polar surface area (TPSA) is 32.6 Å². The summed E-state index contributed by atoms with van der Waals surface area (Å²) in [6.07, 6.45) is 2.68. The molecule has 98 valence electrons. The van der Waals surface area contributed by atoms with E-state index in [1.54, 1.807) is 12.3 Å². The van der Waals surface area contributed by atoms with E-state index in [4.69, 9.17) is 0 Å². The number of hydrogen-bond acceptors (Lipinski definition) is 2. The smallest absolute Gasteiger partial charge is 0.138 e. The number of hydrogen-bond donors (Lipinski definition) is 1. The lowest BCUT2D eigenvalue weighted by Gasteiger charge is -2.03. The highest BCUT2D eigenvalue weighted by Gasteiger charge is 2.05. The first-order valence-electron chi connectivity index (χ1n) is 5.91. The fourth-order valence-electron chi connectivity index (χ4n) is 1.65. The number of phenols is 1. The highest BCUT2D eigenvalue weighted by Crippen LogP contribution is 2.31. The Balaban J connectivity index is 2.27. The molecule has 2 aromatic carbocycles. The van der Waals surface area contributed by atoms with Crippen LogP contribution < -0.4 is 0 Å². The highest BCUT2D eigenvalue weighted by molar-refractivity contribution is 9.11. The van der Waals surface area contributed by atoms with Crippen molar-refractivity contribution in [3.8, 4) is 5.75 Å². The average Bonchev–Trinajstić information content (AvgIpc) is 2.41. The van der Waals surface area contributed by atoms with Crippen LogP contribution >= 0.6 is 31.9 Å². The van der Waals surface area contributed by atoms with Gasteiger partial charge in [0.05, 0.1) is 10.2 Å². The van der Waals surface area contributed by atoms with Gasteiger partial charge in [0.2, 0.25) is 0 Å². The molecule has 2 rings (SSSR count). The zero-order valence-electron chi connectivity index (χ0n) is 10.4. The summed E-state index contributed by atoms with van der Waals surface area (Å²) in [5, 5.41) is 9.92. The van der Waals surface area contributed by atoms with Crippen molar-refractivity contribution in [3.63, 3.8) is 0 Å². The second-order valence-corrected chi connectivity index (χ2v) is 5.87. The number of nitrogens with zero attached hydrogens (tertiary/aromatic N) is 1. The van der Waals surface area contributed by atoms with Crippen molar-refractivity contribution >= 4 is 43.8 Å². The number of aliphatic imine (C=N–C) groups is 1. The van der Waals surface area contributed by atoms with Crippen LogP contribution in [0.3, 0.4) is 0 Å². The second-order valence-electron chi connectivity index (χ2n) is 4.10. The van der Waals surface area contributed by atoms with Gasteiger partial charge in [0.1, 0.15) is 5.75 Å². The van der Waals surface area contributed by atoms with Gasteiger partial charge < -0.3 is 5.11 Å². The van der Waals surface area contributed by atoms with E-state index in [0.29, 0.717) is 10.0 Å². The molecule has 0 bridgehead atoms. The molecule has 0 aliphatic rings. The Morgan fingerprint density at radius 2 is 1.84 bits per heavy atom. The summed E-state index contributed by atoms with van der Waals surface area (Å²) < 4.78 is 1.53. The molecular weight excluding hydrogens is 370 g/mol. The lowest BCUT2D eigenvalue weighted by Crippen LogP contribution is -1.84. The summed E-state index contributed by atoms with van der Waals surface area (Å²) >= 11 is 6.69. The van der Waals surface area contributed by atoms with Crippen LogP contribution in [0.25, 0.3) is 0 Å². The lowest BCUT2D eigenvalue weighted by molar-refractivity contribution is 0.471. The normalized spacial score (nSPS) is 11.1. The van der Waals surface area contributed by atoms with E-state index in [2.05, 4.69) is 55.9 Å². The Hall–Kier alpha value is -1.13. The molecule has 0 saturated carbocycles. The molecule has 0 aromatic heterocycles. The van der Waals surface area contributed by atoms with Crippen molar-refractivity contribution in [2.45, 2.75) is 13.3 Å². The van der Waals surface area contributed by atoms with Gasteiger partial charge in [-0.3, -0.25) is 4.99 Å². The number of rotatable bonds is 3. The largest absolute Gasteiger partial charge is 0.506 e. The molecule has 0 atom stereocenters. The Bertz CT molecular complexity index is 606. The summed E-state index contributed by atoms with van der Waals surface area (Å²) in [5.74, 6) is 0.192. The van der Waals surface area contributed by atoms with Gasteiger partial charge in [-0.15, -0.1) is 0 Å². The molecule has 19 heavy (non-hydrogen) atoms. The van der Waals surface area contributed by atoms with Gasteiger partial charge in [-0.05, 0) is 52.2 Å². The average molecular weight is 383 g/mol. The van der Waals surface area contributed by atoms with Crippen LogP contribution in [0.5, 0.6) is 5.75 Å². The molecule has 0 amide bonds. The molecule has 0 spiro atoms. The SMILES string of the molecule is CCc1ccc(N=Cc2cc(Br)cc(Br)c2O)cc1. The standard InChI is InChI=1S/C15H13Br2NO/c1-2-10-3-5-13(6-4-10)18-9-11-7-12(16)8-14(17)15(11)19/h3-9,19H,2H2,1H3. The number of aryl methyl sites for hydroxylation is 1. The Morgan fingerprint density at radius 1 is 1.16 bits per heavy atom. The van der Waals surface area contributed by atoms with E-state index >= 15 is 0 Å². The van der Waals surface area contributed by atoms with Gasteiger partial charge in [0.15, 0.2) is 0 Å². The zero-order valence-corrected chi connectivity index (χ0v) is 13.6. The second kappa shape index (κ2) is 6.35. The molecule has 2 nitrogen and oxygen atoms in total. The summed E-state index contributed by atoms with van der Waals surface area (Å²) in [6, 6.07) is 11.7. The van der Waals surface area contributed by atoms with E-state index in [-0.39, 0.29) is 5.75 Å². The maximum absolute atomic E-state index is 9.92. The van der Waals surface area contributed by atoms with Crippen LogP contribution in [0.4, 0.5) is 5.69 Å². The van der Waals surface area contributed by atoms with Gasteiger partial charge in [0, 0.05) is 16.3 Å². The molecule has 0 aliphatic heterocycles.